The summed E-state index contributed by atoms with van der Waals surface area (Å²) in [7, 11) is 1.54. The number of carbonyl (C=O) groups is 2. The first-order chi connectivity index (χ1) is 14.1. The van der Waals surface area contributed by atoms with E-state index < -0.39 is 18.0 Å². The molecule has 1 N–H and O–H groups in total. The summed E-state index contributed by atoms with van der Waals surface area (Å²) >= 11 is 1.59. The molecule has 1 heterocycles. The molecular formula is C23H23NO4S. The zero-order chi connectivity index (χ0) is 20.6. The molecule has 6 heteroatoms. The summed E-state index contributed by atoms with van der Waals surface area (Å²) in [6.07, 6.45) is -0.242. The van der Waals surface area contributed by atoms with Crippen molar-refractivity contribution in [3.05, 3.63) is 82.0 Å². The number of amides is 1. The second-order valence-electron chi connectivity index (χ2n) is 6.55. The molecule has 0 aliphatic heterocycles. The van der Waals surface area contributed by atoms with Crippen molar-refractivity contribution < 1.29 is 19.1 Å². The van der Waals surface area contributed by atoms with E-state index in [4.69, 9.17) is 9.47 Å². The highest BCUT2D eigenvalue weighted by Gasteiger charge is 2.26. The van der Waals surface area contributed by atoms with Gasteiger partial charge in [0.05, 0.1) is 19.2 Å². The lowest BCUT2D eigenvalue weighted by molar-refractivity contribution is -0.154. The Morgan fingerprint density at radius 3 is 2.55 bits per heavy atom. The summed E-state index contributed by atoms with van der Waals surface area (Å²) in [5.74, 6) is -0.303. The summed E-state index contributed by atoms with van der Waals surface area (Å²) in [5.41, 5.74) is 2.12. The minimum Gasteiger partial charge on any atom is -0.495 e. The molecule has 150 valence electrons. The molecule has 0 radical (unpaired) electrons. The van der Waals surface area contributed by atoms with Crippen molar-refractivity contribution in [2.24, 2.45) is 0 Å². The Morgan fingerprint density at radius 2 is 1.86 bits per heavy atom. The molecule has 1 atom stereocenters. The van der Waals surface area contributed by atoms with E-state index in [1.165, 1.54) is 0 Å². The second kappa shape index (κ2) is 9.89. The minimum atomic E-state index is -1.04. The average molecular weight is 410 g/mol. The molecule has 0 fully saturated rings. The van der Waals surface area contributed by atoms with Crippen molar-refractivity contribution in [2.75, 3.05) is 12.4 Å². The van der Waals surface area contributed by atoms with Crippen LogP contribution in [0.3, 0.4) is 0 Å². The first-order valence-electron chi connectivity index (χ1n) is 9.29. The predicted molar refractivity (Wildman–Crippen MR) is 114 cm³/mol. The van der Waals surface area contributed by atoms with Gasteiger partial charge in [-0.1, -0.05) is 42.5 Å². The van der Waals surface area contributed by atoms with Crippen LogP contribution in [-0.2, 0) is 20.7 Å². The number of thiophene rings is 1. The number of ether oxygens (including phenoxy) is 2. The summed E-state index contributed by atoms with van der Waals surface area (Å²) < 4.78 is 10.9. The van der Waals surface area contributed by atoms with Gasteiger partial charge in [-0.15, -0.1) is 11.3 Å². The fourth-order valence-corrected chi connectivity index (χ4v) is 3.60. The smallest absolute Gasteiger partial charge is 0.307 e. The largest absolute Gasteiger partial charge is 0.495 e. The van der Waals surface area contributed by atoms with Crippen molar-refractivity contribution in [3.8, 4) is 5.75 Å². The topological polar surface area (TPSA) is 64.6 Å². The van der Waals surface area contributed by atoms with Crippen LogP contribution in [0.2, 0.25) is 0 Å². The van der Waals surface area contributed by atoms with E-state index in [0.717, 1.165) is 10.4 Å². The molecular weight excluding hydrogens is 386 g/mol. The van der Waals surface area contributed by atoms with Crippen LogP contribution in [0, 0.1) is 6.92 Å². The summed E-state index contributed by atoms with van der Waals surface area (Å²) in [4.78, 5) is 26.6. The zero-order valence-electron chi connectivity index (χ0n) is 16.4. The maximum Gasteiger partial charge on any atom is 0.307 e. The average Bonchev–Trinajstić information content (AvgIpc) is 3.25. The van der Waals surface area contributed by atoms with Crippen LogP contribution in [0.15, 0.2) is 66.0 Å². The van der Waals surface area contributed by atoms with E-state index in [-0.39, 0.29) is 6.42 Å². The van der Waals surface area contributed by atoms with E-state index in [0.29, 0.717) is 23.4 Å². The molecule has 0 saturated heterocycles. The second-order valence-corrected chi connectivity index (χ2v) is 7.59. The maximum absolute atomic E-state index is 13.0. The van der Waals surface area contributed by atoms with Crippen molar-refractivity contribution >= 4 is 28.9 Å². The molecule has 0 unspecified atom stereocenters. The van der Waals surface area contributed by atoms with Crippen LogP contribution in [-0.4, -0.2) is 19.0 Å². The monoisotopic (exact) mass is 409 g/mol. The molecule has 1 amide bonds. The van der Waals surface area contributed by atoms with Gasteiger partial charge in [0, 0.05) is 10.4 Å². The number of hydrogen-bond donors (Lipinski definition) is 1. The van der Waals surface area contributed by atoms with Crippen LogP contribution < -0.4 is 10.1 Å². The Morgan fingerprint density at radius 1 is 1.07 bits per heavy atom. The molecule has 29 heavy (non-hydrogen) atoms. The van der Waals surface area contributed by atoms with Gasteiger partial charge in [-0.2, -0.15) is 0 Å². The van der Waals surface area contributed by atoms with Crippen LogP contribution in [0.5, 0.6) is 5.75 Å². The van der Waals surface area contributed by atoms with Crippen molar-refractivity contribution in [1.82, 2.24) is 0 Å². The van der Waals surface area contributed by atoms with Gasteiger partial charge in [-0.25, -0.2) is 0 Å². The number of anilines is 1. The van der Waals surface area contributed by atoms with Gasteiger partial charge < -0.3 is 14.8 Å². The van der Waals surface area contributed by atoms with E-state index in [2.05, 4.69) is 5.32 Å². The first kappa shape index (κ1) is 20.6. The molecule has 2 aromatic carbocycles. The highest BCUT2D eigenvalue weighted by Crippen LogP contribution is 2.28. The Hall–Kier alpha value is -3.12. The predicted octanol–water partition coefficient (Wildman–Crippen LogP) is 4.92. The normalized spacial score (nSPS) is 11.5. The lowest BCUT2D eigenvalue weighted by atomic mass is 10.1. The number of methoxy groups -OCH3 is 1. The standard InChI is InChI=1S/C23H23NO4S/c1-16-10-12-20(27-2)19(15-16)24-23(26)22(17-7-4-3-5-8-17)28-21(25)13-11-18-9-6-14-29-18/h3-10,12,14-15,22H,11,13H2,1-2H3,(H,24,26)/t22-/m0/s1. The number of esters is 1. The fourth-order valence-electron chi connectivity index (χ4n) is 2.89. The number of aryl methyl sites for hydroxylation is 2. The molecule has 1 aromatic heterocycles. The Bertz CT molecular complexity index is 954. The van der Waals surface area contributed by atoms with Crippen LogP contribution >= 0.6 is 11.3 Å². The summed E-state index contributed by atoms with van der Waals surface area (Å²) in [6, 6.07) is 18.4. The van der Waals surface area contributed by atoms with E-state index in [9.17, 15) is 9.59 Å². The lowest BCUT2D eigenvalue weighted by Gasteiger charge is -2.19. The van der Waals surface area contributed by atoms with Gasteiger partial charge in [0.25, 0.3) is 5.91 Å². The Balaban J connectivity index is 1.75. The third-order valence-corrected chi connectivity index (χ3v) is 5.29. The molecule has 0 spiro atoms. The maximum atomic E-state index is 13.0. The number of rotatable bonds is 8. The number of hydrogen-bond acceptors (Lipinski definition) is 5. The van der Waals surface area contributed by atoms with Gasteiger partial charge in [0.15, 0.2) is 0 Å². The van der Waals surface area contributed by atoms with Crippen LogP contribution in [0.1, 0.15) is 28.5 Å². The Kier molecular flexibility index (Phi) is 7.03. The Labute approximate surface area is 174 Å². The van der Waals surface area contributed by atoms with Crippen LogP contribution in [0.25, 0.3) is 0 Å². The SMILES string of the molecule is COc1ccc(C)cc1NC(=O)[C@@H](OC(=O)CCc1cccs1)c1ccccc1. The third kappa shape index (κ3) is 5.68. The quantitative estimate of drug-likeness (QED) is 0.536. The fraction of sp³-hybridized carbons (Fsp3) is 0.217. The number of carbonyl (C=O) groups excluding carboxylic acids is 2. The molecule has 0 aliphatic carbocycles. The molecule has 3 aromatic rings. The number of benzene rings is 2. The molecule has 0 saturated carbocycles. The van der Waals surface area contributed by atoms with Crippen molar-refractivity contribution in [2.45, 2.75) is 25.9 Å². The van der Waals surface area contributed by atoms with Gasteiger partial charge in [0.1, 0.15) is 5.75 Å². The highest BCUT2D eigenvalue weighted by atomic mass is 32.1. The minimum absolute atomic E-state index is 0.213. The summed E-state index contributed by atoms with van der Waals surface area (Å²) in [5, 5.41) is 4.81. The van der Waals surface area contributed by atoms with Gasteiger partial charge in [0.2, 0.25) is 6.10 Å². The highest BCUT2D eigenvalue weighted by molar-refractivity contribution is 7.09. The first-order valence-corrected chi connectivity index (χ1v) is 10.2. The zero-order valence-corrected chi connectivity index (χ0v) is 17.2. The van der Waals surface area contributed by atoms with Crippen LogP contribution in [0.4, 0.5) is 5.69 Å². The van der Waals surface area contributed by atoms with Gasteiger partial charge >= 0.3 is 5.97 Å². The molecule has 3 rings (SSSR count). The molecule has 5 nitrogen and oxygen atoms in total. The van der Waals surface area contributed by atoms with E-state index in [1.54, 1.807) is 36.6 Å². The van der Waals surface area contributed by atoms with Crippen molar-refractivity contribution in [3.63, 3.8) is 0 Å². The lowest BCUT2D eigenvalue weighted by Crippen LogP contribution is -2.26. The molecule has 0 aliphatic rings. The third-order valence-electron chi connectivity index (χ3n) is 4.36. The summed E-state index contributed by atoms with van der Waals surface area (Å²) in [6.45, 7) is 1.92. The number of nitrogens with one attached hydrogen (secondary N) is 1. The van der Waals surface area contributed by atoms with E-state index in [1.807, 2.05) is 54.8 Å². The van der Waals surface area contributed by atoms with Crippen molar-refractivity contribution in [1.29, 1.82) is 0 Å². The molecule has 0 bridgehead atoms. The van der Waals surface area contributed by atoms with Gasteiger partial charge in [-0.3, -0.25) is 9.59 Å². The van der Waals surface area contributed by atoms with E-state index >= 15 is 0 Å². The van der Waals surface area contributed by atoms with Gasteiger partial charge in [-0.05, 0) is 42.5 Å².